The Morgan fingerprint density at radius 2 is 1.90 bits per heavy atom. The van der Waals surface area contributed by atoms with E-state index in [1.165, 1.54) is 6.20 Å². The average molecular weight is 403 g/mol. The van der Waals surface area contributed by atoms with E-state index in [9.17, 15) is 9.59 Å². The Morgan fingerprint density at radius 3 is 2.63 bits per heavy atom. The maximum atomic E-state index is 12.4. The number of H-pyrrole nitrogens is 1. The third kappa shape index (κ3) is 4.22. The van der Waals surface area contributed by atoms with Crippen molar-refractivity contribution in [3.05, 3.63) is 82.5 Å². The SMILES string of the molecule is COc1ccc(CNC(=O)CCc2nc3c(cnn3-c3ccccc3)c(=O)[nH]2)cc1. The van der Waals surface area contributed by atoms with Gasteiger partial charge >= 0.3 is 0 Å². The summed E-state index contributed by atoms with van der Waals surface area (Å²) in [5, 5.41) is 7.57. The van der Waals surface area contributed by atoms with Crippen molar-refractivity contribution in [2.24, 2.45) is 0 Å². The molecule has 2 heterocycles. The van der Waals surface area contributed by atoms with Crippen LogP contribution in [0.25, 0.3) is 16.7 Å². The molecule has 0 saturated heterocycles. The Labute approximate surface area is 172 Å². The zero-order chi connectivity index (χ0) is 20.9. The lowest BCUT2D eigenvalue weighted by Gasteiger charge is -2.07. The van der Waals surface area contributed by atoms with Crippen LogP contribution in [-0.4, -0.2) is 32.8 Å². The molecule has 0 fully saturated rings. The van der Waals surface area contributed by atoms with Crippen LogP contribution in [0.3, 0.4) is 0 Å². The highest BCUT2D eigenvalue weighted by Crippen LogP contribution is 2.14. The van der Waals surface area contributed by atoms with Crippen LogP contribution in [0.4, 0.5) is 0 Å². The summed E-state index contributed by atoms with van der Waals surface area (Å²) in [6.45, 7) is 0.423. The third-order valence-corrected chi connectivity index (χ3v) is 4.73. The Kier molecular flexibility index (Phi) is 5.56. The van der Waals surface area contributed by atoms with Crippen LogP contribution in [0.2, 0.25) is 0 Å². The van der Waals surface area contributed by atoms with Crippen LogP contribution < -0.4 is 15.6 Å². The molecule has 4 aromatic rings. The summed E-state index contributed by atoms with van der Waals surface area (Å²) in [5.41, 5.74) is 1.99. The fourth-order valence-corrected chi connectivity index (χ4v) is 3.10. The van der Waals surface area contributed by atoms with Gasteiger partial charge in [0.1, 0.15) is 17.0 Å². The van der Waals surface area contributed by atoms with Crippen LogP contribution in [-0.2, 0) is 17.8 Å². The second kappa shape index (κ2) is 8.60. The van der Waals surface area contributed by atoms with Crippen molar-refractivity contribution in [1.29, 1.82) is 0 Å². The molecule has 8 nitrogen and oxygen atoms in total. The highest BCUT2D eigenvalue weighted by molar-refractivity contribution is 5.77. The van der Waals surface area contributed by atoms with E-state index in [1.807, 2.05) is 54.6 Å². The number of benzene rings is 2. The number of methoxy groups -OCH3 is 1. The van der Waals surface area contributed by atoms with Crippen molar-refractivity contribution in [1.82, 2.24) is 25.1 Å². The van der Waals surface area contributed by atoms with Gasteiger partial charge in [0.25, 0.3) is 5.56 Å². The molecule has 8 heteroatoms. The smallest absolute Gasteiger partial charge is 0.262 e. The van der Waals surface area contributed by atoms with Crippen LogP contribution in [0.15, 0.2) is 65.6 Å². The first-order valence-electron chi connectivity index (χ1n) is 9.56. The van der Waals surface area contributed by atoms with Crippen LogP contribution in [0.5, 0.6) is 5.75 Å². The van der Waals surface area contributed by atoms with E-state index in [1.54, 1.807) is 11.8 Å². The number of nitrogens with zero attached hydrogens (tertiary/aromatic N) is 3. The van der Waals surface area contributed by atoms with Gasteiger partial charge in [-0.25, -0.2) is 9.67 Å². The number of carbonyl (C=O) groups is 1. The molecule has 2 aromatic carbocycles. The Morgan fingerprint density at radius 1 is 1.13 bits per heavy atom. The molecule has 152 valence electrons. The number of fused-ring (bicyclic) bond motifs is 1. The number of hydrogen-bond donors (Lipinski definition) is 2. The van der Waals surface area contributed by atoms with E-state index < -0.39 is 0 Å². The molecular weight excluding hydrogens is 382 g/mol. The van der Waals surface area contributed by atoms with Gasteiger partial charge in [0.15, 0.2) is 5.65 Å². The number of aromatic amines is 1. The number of hydrogen-bond acceptors (Lipinski definition) is 5. The molecule has 0 aliphatic heterocycles. The standard InChI is InChI=1S/C22H21N5O3/c1-30-17-9-7-15(8-10-17)13-23-20(28)12-11-19-25-21-18(22(29)26-19)14-24-27(21)16-5-3-2-4-6-16/h2-10,14H,11-13H2,1H3,(H,23,28)(H,25,26,29). The molecule has 0 aliphatic rings. The second-order valence-corrected chi connectivity index (χ2v) is 6.77. The Bertz CT molecular complexity index is 1210. The van der Waals surface area contributed by atoms with Gasteiger partial charge in [-0.2, -0.15) is 5.10 Å². The summed E-state index contributed by atoms with van der Waals surface area (Å²) >= 11 is 0. The lowest BCUT2D eigenvalue weighted by atomic mass is 10.2. The number of ether oxygens (including phenoxy) is 1. The number of aryl methyl sites for hydroxylation is 1. The fraction of sp³-hybridized carbons (Fsp3) is 0.182. The topological polar surface area (TPSA) is 102 Å². The molecule has 1 amide bonds. The van der Waals surface area contributed by atoms with Gasteiger partial charge in [0.05, 0.1) is 19.0 Å². The molecule has 0 aliphatic carbocycles. The van der Waals surface area contributed by atoms with Gasteiger partial charge in [-0.1, -0.05) is 30.3 Å². The fourth-order valence-electron chi connectivity index (χ4n) is 3.10. The zero-order valence-electron chi connectivity index (χ0n) is 16.5. The van der Waals surface area contributed by atoms with Crippen molar-refractivity contribution in [3.63, 3.8) is 0 Å². The van der Waals surface area contributed by atoms with Crippen LogP contribution >= 0.6 is 0 Å². The second-order valence-electron chi connectivity index (χ2n) is 6.77. The lowest BCUT2D eigenvalue weighted by Crippen LogP contribution is -2.23. The van der Waals surface area contributed by atoms with Crippen molar-refractivity contribution < 1.29 is 9.53 Å². The minimum Gasteiger partial charge on any atom is -0.497 e. The number of carbonyl (C=O) groups excluding carboxylic acids is 1. The lowest BCUT2D eigenvalue weighted by molar-refractivity contribution is -0.121. The minimum absolute atomic E-state index is 0.120. The van der Waals surface area contributed by atoms with Gasteiger partial charge in [-0.3, -0.25) is 9.59 Å². The summed E-state index contributed by atoms with van der Waals surface area (Å²) in [4.78, 5) is 31.9. The number of nitrogens with one attached hydrogen (secondary N) is 2. The predicted octanol–water partition coefficient (Wildman–Crippen LogP) is 2.37. The molecule has 2 N–H and O–H groups in total. The van der Waals surface area contributed by atoms with E-state index in [-0.39, 0.29) is 17.9 Å². The molecule has 4 rings (SSSR count). The number of para-hydroxylation sites is 1. The Balaban J connectivity index is 1.43. The van der Waals surface area contributed by atoms with E-state index in [0.717, 1.165) is 17.0 Å². The van der Waals surface area contributed by atoms with Crippen LogP contribution in [0.1, 0.15) is 17.8 Å². The summed E-state index contributed by atoms with van der Waals surface area (Å²) in [7, 11) is 1.61. The first-order chi connectivity index (χ1) is 14.6. The molecular formula is C22H21N5O3. The van der Waals surface area contributed by atoms with E-state index in [2.05, 4.69) is 20.4 Å². The van der Waals surface area contributed by atoms with Crippen molar-refractivity contribution in [2.45, 2.75) is 19.4 Å². The van der Waals surface area contributed by atoms with Gasteiger partial charge in [-0.05, 0) is 29.8 Å². The average Bonchev–Trinajstić information content (AvgIpc) is 3.22. The first-order valence-corrected chi connectivity index (χ1v) is 9.56. The summed E-state index contributed by atoms with van der Waals surface area (Å²) < 4.78 is 6.75. The monoisotopic (exact) mass is 403 g/mol. The van der Waals surface area contributed by atoms with Crippen LogP contribution in [0, 0.1) is 0 Å². The molecule has 0 unspecified atom stereocenters. The molecule has 0 atom stereocenters. The minimum atomic E-state index is -0.268. The molecule has 2 aromatic heterocycles. The normalized spacial score (nSPS) is 10.8. The van der Waals surface area contributed by atoms with Gasteiger partial charge in [0, 0.05) is 19.4 Å². The maximum Gasteiger partial charge on any atom is 0.262 e. The number of amides is 1. The molecule has 0 radical (unpaired) electrons. The van der Waals surface area contributed by atoms with Crippen molar-refractivity contribution in [3.8, 4) is 11.4 Å². The molecule has 30 heavy (non-hydrogen) atoms. The van der Waals surface area contributed by atoms with Crippen molar-refractivity contribution in [2.75, 3.05) is 7.11 Å². The van der Waals surface area contributed by atoms with Gasteiger partial charge in [0.2, 0.25) is 5.91 Å². The summed E-state index contributed by atoms with van der Waals surface area (Å²) in [5.74, 6) is 1.10. The molecule has 0 spiro atoms. The maximum absolute atomic E-state index is 12.4. The highest BCUT2D eigenvalue weighted by atomic mass is 16.5. The quantitative estimate of drug-likeness (QED) is 0.493. The van der Waals surface area contributed by atoms with Gasteiger partial charge < -0.3 is 15.0 Å². The molecule has 0 bridgehead atoms. The third-order valence-electron chi connectivity index (χ3n) is 4.73. The highest BCUT2D eigenvalue weighted by Gasteiger charge is 2.12. The Hall–Kier alpha value is -3.94. The molecule has 0 saturated carbocycles. The van der Waals surface area contributed by atoms with E-state index in [0.29, 0.717) is 29.8 Å². The predicted molar refractivity (Wildman–Crippen MR) is 113 cm³/mol. The first kappa shape index (κ1) is 19.4. The van der Waals surface area contributed by atoms with Gasteiger partial charge in [-0.15, -0.1) is 0 Å². The summed E-state index contributed by atoms with van der Waals surface area (Å²) in [6, 6.07) is 17.0. The number of aromatic nitrogens is 4. The largest absolute Gasteiger partial charge is 0.497 e. The van der Waals surface area contributed by atoms with E-state index in [4.69, 9.17) is 4.74 Å². The number of rotatable bonds is 7. The van der Waals surface area contributed by atoms with E-state index >= 15 is 0 Å². The van der Waals surface area contributed by atoms with Crippen molar-refractivity contribution >= 4 is 16.9 Å². The summed E-state index contributed by atoms with van der Waals surface area (Å²) in [6.07, 6.45) is 2.03. The zero-order valence-corrected chi connectivity index (χ0v) is 16.5.